The van der Waals surface area contributed by atoms with Crippen molar-refractivity contribution in [3.8, 4) is 0 Å². The van der Waals surface area contributed by atoms with Gasteiger partial charge in [0.25, 0.3) is 5.91 Å². The van der Waals surface area contributed by atoms with Gasteiger partial charge in [0.2, 0.25) is 5.78 Å². The Morgan fingerprint density at radius 2 is 1.86 bits per heavy atom. The van der Waals surface area contributed by atoms with Crippen LogP contribution in [-0.4, -0.2) is 16.7 Å². The normalized spacial score (nSPS) is 15.8. The highest BCUT2D eigenvalue weighted by atomic mass is 32.1. The average Bonchev–Trinajstić information content (AvgIpc) is 3.61. The maximum absolute atomic E-state index is 13.9. The van der Waals surface area contributed by atoms with Crippen molar-refractivity contribution in [3.05, 3.63) is 105 Å². The van der Waals surface area contributed by atoms with E-state index in [1.165, 1.54) is 28.2 Å². The van der Waals surface area contributed by atoms with Crippen LogP contribution >= 0.6 is 22.7 Å². The molecule has 0 spiro atoms. The number of anilines is 3. The van der Waals surface area contributed by atoms with Crippen molar-refractivity contribution in [2.45, 2.75) is 25.8 Å². The molecule has 1 aliphatic rings. The molecule has 5 rings (SSSR count). The van der Waals surface area contributed by atoms with E-state index in [1.807, 2.05) is 35.0 Å². The Morgan fingerprint density at radius 3 is 2.49 bits per heavy atom. The third kappa shape index (κ3) is 4.38. The number of nitrogens with two attached hydrogens (primary N) is 1. The number of thiophene rings is 1. The molecule has 176 valence electrons. The van der Waals surface area contributed by atoms with Crippen LogP contribution in [0, 0.1) is 0 Å². The van der Waals surface area contributed by atoms with Gasteiger partial charge in [-0.15, -0.1) is 22.7 Å². The molecule has 35 heavy (non-hydrogen) atoms. The van der Waals surface area contributed by atoms with E-state index in [0.29, 0.717) is 32.9 Å². The minimum Gasteiger partial charge on any atom is -0.399 e. The molecular weight excluding hydrogens is 476 g/mol. The molecule has 1 atom stereocenters. The number of carbonyl (C=O) groups excluding carboxylic acids is 2. The molecule has 0 saturated heterocycles. The number of benzene rings is 2. The summed E-state index contributed by atoms with van der Waals surface area (Å²) in [5, 5.41) is 7.44. The lowest BCUT2D eigenvalue weighted by Gasteiger charge is -2.25. The third-order valence-electron chi connectivity index (χ3n) is 5.92. The predicted octanol–water partition coefficient (Wildman–Crippen LogP) is 6.25. The van der Waals surface area contributed by atoms with Gasteiger partial charge in [0, 0.05) is 23.0 Å². The Balaban J connectivity index is 1.70. The second kappa shape index (κ2) is 9.48. The maximum Gasteiger partial charge on any atom is 0.277 e. The Labute approximate surface area is 211 Å². The molecule has 4 aromatic rings. The Kier molecular flexibility index (Phi) is 6.23. The largest absolute Gasteiger partial charge is 0.399 e. The summed E-state index contributed by atoms with van der Waals surface area (Å²) >= 11 is 2.72. The van der Waals surface area contributed by atoms with E-state index in [4.69, 9.17) is 5.73 Å². The number of hydrogen-bond donors (Lipinski definition) is 2. The van der Waals surface area contributed by atoms with Crippen molar-refractivity contribution >= 4 is 50.9 Å². The summed E-state index contributed by atoms with van der Waals surface area (Å²) in [6.45, 7) is 4.27. The van der Waals surface area contributed by atoms with Crippen molar-refractivity contribution in [1.82, 2.24) is 4.98 Å². The van der Waals surface area contributed by atoms with Gasteiger partial charge in [0.1, 0.15) is 5.70 Å². The zero-order chi connectivity index (χ0) is 24.5. The zero-order valence-corrected chi connectivity index (χ0v) is 20.9. The quantitative estimate of drug-likeness (QED) is 0.231. The number of ketones is 1. The number of nitrogens with zero attached hydrogens (tertiary/aromatic N) is 2. The first kappa shape index (κ1) is 23.0. The van der Waals surface area contributed by atoms with Crippen LogP contribution in [-0.2, 0) is 4.79 Å². The summed E-state index contributed by atoms with van der Waals surface area (Å²) in [7, 11) is 0. The summed E-state index contributed by atoms with van der Waals surface area (Å²) in [5.41, 5.74) is 9.84. The van der Waals surface area contributed by atoms with Gasteiger partial charge >= 0.3 is 0 Å². The van der Waals surface area contributed by atoms with E-state index in [9.17, 15) is 9.59 Å². The second-order valence-corrected chi connectivity index (χ2v) is 10.4. The van der Waals surface area contributed by atoms with E-state index < -0.39 is 6.04 Å². The molecule has 8 heteroatoms. The first-order chi connectivity index (χ1) is 16.9. The highest BCUT2D eigenvalue weighted by Gasteiger charge is 2.45. The smallest absolute Gasteiger partial charge is 0.277 e. The van der Waals surface area contributed by atoms with Crippen LogP contribution in [0.25, 0.3) is 0 Å². The van der Waals surface area contributed by atoms with E-state index in [2.05, 4.69) is 36.3 Å². The van der Waals surface area contributed by atoms with Crippen LogP contribution in [0.3, 0.4) is 0 Å². The number of nitrogen functional groups attached to an aromatic ring is 1. The fourth-order valence-electron chi connectivity index (χ4n) is 4.19. The molecule has 3 N–H and O–H groups in total. The van der Waals surface area contributed by atoms with Crippen LogP contribution in [0.1, 0.15) is 46.6 Å². The topological polar surface area (TPSA) is 88.3 Å². The number of nitrogens with one attached hydrogen (secondary N) is 1. The number of Topliss-reactive ketones (excluding diaryl/α,β-unsaturated/α-hetero) is 1. The van der Waals surface area contributed by atoms with Gasteiger partial charge in [-0.05, 0) is 46.7 Å². The predicted molar refractivity (Wildman–Crippen MR) is 143 cm³/mol. The van der Waals surface area contributed by atoms with Crippen molar-refractivity contribution in [1.29, 1.82) is 0 Å². The number of amides is 1. The van der Waals surface area contributed by atoms with Gasteiger partial charge in [-0.2, -0.15) is 0 Å². The summed E-state index contributed by atoms with van der Waals surface area (Å²) in [5.74, 6) is -0.121. The van der Waals surface area contributed by atoms with Gasteiger partial charge in [0.15, 0.2) is 5.13 Å². The summed E-state index contributed by atoms with van der Waals surface area (Å²) < 4.78 is 0. The lowest BCUT2D eigenvalue weighted by atomic mass is 9.93. The average molecular weight is 501 g/mol. The lowest BCUT2D eigenvalue weighted by Crippen LogP contribution is -2.31. The SMILES string of the molecule is CC(C)c1ccc(C2C(C(=O)c3cccs3)=C(Nc3cccc(N)c3)C(=O)N2c2nccs2)cc1. The van der Waals surface area contributed by atoms with Crippen LogP contribution in [0.4, 0.5) is 16.5 Å². The molecule has 0 saturated carbocycles. The highest BCUT2D eigenvalue weighted by molar-refractivity contribution is 7.14. The molecule has 6 nitrogen and oxygen atoms in total. The van der Waals surface area contributed by atoms with E-state index in [1.54, 1.807) is 35.4 Å². The zero-order valence-electron chi connectivity index (χ0n) is 19.3. The molecule has 2 aromatic carbocycles. The molecule has 2 aromatic heterocycles. The van der Waals surface area contributed by atoms with Crippen molar-refractivity contribution in [2.75, 3.05) is 16.0 Å². The molecule has 1 amide bonds. The Morgan fingerprint density at radius 1 is 1.06 bits per heavy atom. The highest BCUT2D eigenvalue weighted by Crippen LogP contribution is 2.44. The summed E-state index contributed by atoms with van der Waals surface area (Å²) in [4.78, 5) is 34.4. The number of rotatable bonds is 7. The van der Waals surface area contributed by atoms with Crippen molar-refractivity contribution in [3.63, 3.8) is 0 Å². The van der Waals surface area contributed by atoms with Crippen LogP contribution < -0.4 is 16.0 Å². The number of thiazole rings is 1. The minimum atomic E-state index is -0.618. The molecule has 0 bridgehead atoms. The van der Waals surface area contributed by atoms with Crippen LogP contribution in [0.5, 0.6) is 0 Å². The molecule has 0 fully saturated rings. The van der Waals surface area contributed by atoms with Gasteiger partial charge in [0.05, 0.1) is 16.5 Å². The van der Waals surface area contributed by atoms with Gasteiger partial charge in [-0.1, -0.05) is 50.2 Å². The fraction of sp³-hybridized carbons (Fsp3) is 0.148. The minimum absolute atomic E-state index is 0.184. The lowest BCUT2D eigenvalue weighted by molar-refractivity contribution is -0.114. The summed E-state index contributed by atoms with van der Waals surface area (Å²) in [6, 6.07) is 18.3. The molecule has 0 radical (unpaired) electrons. The Bertz CT molecular complexity index is 1390. The van der Waals surface area contributed by atoms with Crippen molar-refractivity contribution < 1.29 is 9.59 Å². The van der Waals surface area contributed by atoms with E-state index >= 15 is 0 Å². The fourth-order valence-corrected chi connectivity index (χ4v) is 5.53. The molecule has 1 aliphatic heterocycles. The second-order valence-electron chi connectivity index (χ2n) is 8.56. The first-order valence-corrected chi connectivity index (χ1v) is 13.0. The van der Waals surface area contributed by atoms with E-state index in [0.717, 1.165) is 5.56 Å². The van der Waals surface area contributed by atoms with E-state index in [-0.39, 0.29) is 17.4 Å². The van der Waals surface area contributed by atoms with Crippen LogP contribution in [0.2, 0.25) is 0 Å². The first-order valence-electron chi connectivity index (χ1n) is 11.2. The Hall–Kier alpha value is -3.75. The van der Waals surface area contributed by atoms with Gasteiger partial charge < -0.3 is 11.1 Å². The summed E-state index contributed by atoms with van der Waals surface area (Å²) in [6.07, 6.45) is 1.66. The third-order valence-corrected chi connectivity index (χ3v) is 7.56. The number of hydrogen-bond acceptors (Lipinski definition) is 7. The van der Waals surface area contributed by atoms with Gasteiger partial charge in [-0.3, -0.25) is 14.5 Å². The molecular formula is C27H24N4O2S2. The monoisotopic (exact) mass is 500 g/mol. The number of aromatic nitrogens is 1. The standard InChI is InChI=1S/C27H24N4O2S2/c1-16(2)17-8-10-18(11-9-17)24-22(25(32)21-7-4-13-34-21)23(30-20-6-3-5-19(28)15-20)26(33)31(24)27-29-12-14-35-27/h3-16,24,30H,28H2,1-2H3. The molecule has 3 heterocycles. The van der Waals surface area contributed by atoms with Gasteiger partial charge in [-0.25, -0.2) is 4.98 Å². The van der Waals surface area contributed by atoms with Crippen molar-refractivity contribution in [2.24, 2.45) is 0 Å². The molecule has 0 aliphatic carbocycles. The van der Waals surface area contributed by atoms with Crippen LogP contribution in [0.15, 0.2) is 88.9 Å². The maximum atomic E-state index is 13.9. The number of carbonyl (C=O) groups is 2. The molecule has 1 unspecified atom stereocenters.